The monoisotopic (exact) mass is 416 g/mol. The van der Waals surface area contributed by atoms with E-state index in [0.29, 0.717) is 43.3 Å². The van der Waals surface area contributed by atoms with Crippen molar-refractivity contribution in [2.45, 2.75) is 18.9 Å². The summed E-state index contributed by atoms with van der Waals surface area (Å²) in [4.78, 5) is 27.1. The van der Waals surface area contributed by atoms with Crippen LogP contribution < -0.4 is 14.8 Å². The summed E-state index contributed by atoms with van der Waals surface area (Å²) in [5.74, 6) is 1.35. The van der Waals surface area contributed by atoms with E-state index in [-0.39, 0.29) is 30.3 Å². The molecule has 0 aliphatic carbocycles. The minimum Gasteiger partial charge on any atom is -0.493 e. The summed E-state index contributed by atoms with van der Waals surface area (Å²) in [6.07, 6.45) is 2.19. The summed E-state index contributed by atoms with van der Waals surface area (Å²) in [5, 5.41) is 2.91. The molecule has 3 rings (SSSR count). The van der Waals surface area contributed by atoms with Gasteiger partial charge in [-0.1, -0.05) is 6.07 Å². The Hall–Kier alpha value is -3.00. The van der Waals surface area contributed by atoms with Crippen molar-refractivity contribution < 1.29 is 28.2 Å². The highest BCUT2D eigenvalue weighted by molar-refractivity contribution is 5.82. The molecule has 1 N–H and O–H groups in total. The molecule has 0 spiro atoms. The molecular weight excluding hydrogens is 388 g/mol. The largest absolute Gasteiger partial charge is 0.493 e. The molecule has 1 aliphatic heterocycles. The molecule has 1 fully saturated rings. The Morgan fingerprint density at radius 2 is 1.93 bits per heavy atom. The zero-order chi connectivity index (χ0) is 21.5. The lowest BCUT2D eigenvalue weighted by Crippen LogP contribution is -2.48. The highest BCUT2D eigenvalue weighted by Crippen LogP contribution is 2.36. The Morgan fingerprint density at radius 3 is 2.60 bits per heavy atom. The van der Waals surface area contributed by atoms with Crippen LogP contribution in [0.5, 0.6) is 11.5 Å². The number of nitrogens with zero attached hydrogens (tertiary/aromatic N) is 1. The Balaban J connectivity index is 1.78. The van der Waals surface area contributed by atoms with E-state index in [1.807, 2.05) is 24.3 Å². The Kier molecular flexibility index (Phi) is 7.35. The van der Waals surface area contributed by atoms with Crippen LogP contribution in [-0.4, -0.2) is 57.7 Å². The van der Waals surface area contributed by atoms with Crippen LogP contribution in [0.2, 0.25) is 0 Å². The molecule has 2 aromatic rings. The smallest absolute Gasteiger partial charge is 0.248 e. The fourth-order valence-electron chi connectivity index (χ4n) is 3.79. The molecule has 2 heterocycles. The van der Waals surface area contributed by atoms with Crippen LogP contribution >= 0.6 is 0 Å². The summed E-state index contributed by atoms with van der Waals surface area (Å²) in [6, 6.07) is 9.29. The summed E-state index contributed by atoms with van der Waals surface area (Å²) < 4.78 is 21.0. The van der Waals surface area contributed by atoms with Crippen molar-refractivity contribution in [2.75, 3.05) is 41.0 Å². The average Bonchev–Trinajstić information content (AvgIpc) is 3.30. The molecular formula is C22H28N2O6. The summed E-state index contributed by atoms with van der Waals surface area (Å²) in [6.45, 7) is 1.17. The SMILES string of the molecule is COCC(=O)N1CC(C(=O)NCc2ccco2)CC(c2ccc(OC)c(OC)c2)C1. The number of carbonyl (C=O) groups excluding carboxylic acids is 2. The van der Waals surface area contributed by atoms with Gasteiger partial charge in [-0.3, -0.25) is 9.59 Å². The molecule has 2 unspecified atom stereocenters. The standard InChI is InChI=1S/C22H28N2O6/c1-27-14-21(25)24-12-16(15-6-7-19(28-2)20(10-15)29-3)9-17(13-24)22(26)23-11-18-5-4-8-30-18/h4-8,10,16-17H,9,11-14H2,1-3H3,(H,23,26). The van der Waals surface area contributed by atoms with Crippen molar-refractivity contribution in [3.63, 3.8) is 0 Å². The predicted octanol–water partition coefficient (Wildman–Crippen LogP) is 2.19. The van der Waals surface area contributed by atoms with Gasteiger partial charge in [0.1, 0.15) is 12.4 Å². The zero-order valence-corrected chi connectivity index (χ0v) is 17.6. The first kappa shape index (κ1) is 21.7. The van der Waals surface area contributed by atoms with Crippen LogP contribution in [0.4, 0.5) is 0 Å². The molecule has 30 heavy (non-hydrogen) atoms. The number of rotatable bonds is 8. The van der Waals surface area contributed by atoms with Crippen LogP contribution in [0.15, 0.2) is 41.0 Å². The molecule has 0 bridgehead atoms. The fraction of sp³-hybridized carbons (Fsp3) is 0.455. The molecule has 1 saturated heterocycles. The molecule has 1 aromatic carbocycles. The second-order valence-corrected chi connectivity index (χ2v) is 7.27. The van der Waals surface area contributed by atoms with Gasteiger partial charge in [-0.2, -0.15) is 0 Å². The van der Waals surface area contributed by atoms with Gasteiger partial charge in [0.05, 0.1) is 32.9 Å². The number of ether oxygens (including phenoxy) is 3. The second kappa shape index (κ2) is 10.2. The fourth-order valence-corrected chi connectivity index (χ4v) is 3.79. The molecule has 1 aromatic heterocycles. The number of amides is 2. The lowest BCUT2D eigenvalue weighted by Gasteiger charge is -2.37. The van der Waals surface area contributed by atoms with Gasteiger partial charge >= 0.3 is 0 Å². The van der Waals surface area contributed by atoms with Crippen molar-refractivity contribution in [3.8, 4) is 11.5 Å². The Morgan fingerprint density at radius 1 is 1.13 bits per heavy atom. The number of benzene rings is 1. The van der Waals surface area contributed by atoms with E-state index in [9.17, 15) is 9.59 Å². The number of carbonyl (C=O) groups is 2. The maximum atomic E-state index is 12.9. The number of hydrogen-bond donors (Lipinski definition) is 1. The minimum atomic E-state index is -0.340. The first-order valence-electron chi connectivity index (χ1n) is 9.84. The van der Waals surface area contributed by atoms with E-state index in [1.54, 1.807) is 31.4 Å². The molecule has 0 radical (unpaired) electrons. The average molecular weight is 416 g/mol. The third-order valence-electron chi connectivity index (χ3n) is 5.34. The maximum absolute atomic E-state index is 12.9. The van der Waals surface area contributed by atoms with Crippen molar-refractivity contribution in [3.05, 3.63) is 47.9 Å². The number of nitrogens with one attached hydrogen (secondary N) is 1. The van der Waals surface area contributed by atoms with Gasteiger partial charge in [0.2, 0.25) is 11.8 Å². The van der Waals surface area contributed by atoms with E-state index in [4.69, 9.17) is 18.6 Å². The van der Waals surface area contributed by atoms with Crippen LogP contribution in [0.3, 0.4) is 0 Å². The Labute approximate surface area is 176 Å². The third kappa shape index (κ3) is 5.13. The molecule has 8 nitrogen and oxygen atoms in total. The summed E-state index contributed by atoms with van der Waals surface area (Å²) >= 11 is 0. The van der Waals surface area contributed by atoms with Gasteiger partial charge in [-0.15, -0.1) is 0 Å². The van der Waals surface area contributed by atoms with E-state index in [2.05, 4.69) is 5.32 Å². The van der Waals surface area contributed by atoms with Gasteiger partial charge in [0, 0.05) is 26.1 Å². The Bertz CT molecular complexity index is 851. The zero-order valence-electron chi connectivity index (χ0n) is 17.6. The third-order valence-corrected chi connectivity index (χ3v) is 5.34. The number of likely N-dealkylation sites (tertiary alicyclic amines) is 1. The van der Waals surface area contributed by atoms with Crippen molar-refractivity contribution >= 4 is 11.8 Å². The van der Waals surface area contributed by atoms with E-state index >= 15 is 0 Å². The highest BCUT2D eigenvalue weighted by atomic mass is 16.5. The molecule has 0 saturated carbocycles. The predicted molar refractivity (Wildman–Crippen MR) is 109 cm³/mol. The van der Waals surface area contributed by atoms with Crippen LogP contribution in [0.25, 0.3) is 0 Å². The topological polar surface area (TPSA) is 90.2 Å². The molecule has 1 aliphatic rings. The van der Waals surface area contributed by atoms with Crippen molar-refractivity contribution in [2.24, 2.45) is 5.92 Å². The van der Waals surface area contributed by atoms with Crippen LogP contribution in [0, 0.1) is 5.92 Å². The molecule has 8 heteroatoms. The summed E-state index contributed by atoms with van der Waals surface area (Å²) in [7, 11) is 4.66. The quantitative estimate of drug-likeness (QED) is 0.710. The van der Waals surface area contributed by atoms with E-state index in [1.165, 1.54) is 7.11 Å². The summed E-state index contributed by atoms with van der Waals surface area (Å²) in [5.41, 5.74) is 0.992. The maximum Gasteiger partial charge on any atom is 0.248 e. The lowest BCUT2D eigenvalue weighted by molar-refractivity contribution is -0.139. The van der Waals surface area contributed by atoms with Gasteiger partial charge in [-0.05, 0) is 36.2 Å². The number of hydrogen-bond acceptors (Lipinski definition) is 6. The van der Waals surface area contributed by atoms with Gasteiger partial charge < -0.3 is 28.8 Å². The first-order valence-corrected chi connectivity index (χ1v) is 9.84. The lowest BCUT2D eigenvalue weighted by atomic mass is 9.83. The van der Waals surface area contributed by atoms with Gasteiger partial charge in [-0.25, -0.2) is 0 Å². The number of piperidine rings is 1. The highest BCUT2D eigenvalue weighted by Gasteiger charge is 2.34. The molecule has 162 valence electrons. The van der Waals surface area contributed by atoms with Gasteiger partial charge in [0.25, 0.3) is 0 Å². The van der Waals surface area contributed by atoms with E-state index in [0.717, 1.165) is 5.56 Å². The molecule has 2 atom stereocenters. The number of methoxy groups -OCH3 is 3. The first-order chi connectivity index (χ1) is 14.5. The van der Waals surface area contributed by atoms with Crippen molar-refractivity contribution in [1.29, 1.82) is 0 Å². The second-order valence-electron chi connectivity index (χ2n) is 7.27. The molecule has 2 amide bonds. The van der Waals surface area contributed by atoms with Crippen LogP contribution in [-0.2, 0) is 20.9 Å². The number of furan rings is 1. The normalized spacial score (nSPS) is 18.7. The van der Waals surface area contributed by atoms with Gasteiger partial charge in [0.15, 0.2) is 11.5 Å². The van der Waals surface area contributed by atoms with E-state index < -0.39 is 0 Å². The van der Waals surface area contributed by atoms with Crippen LogP contribution in [0.1, 0.15) is 23.7 Å². The minimum absolute atomic E-state index is 0.0145. The van der Waals surface area contributed by atoms with Crippen molar-refractivity contribution in [1.82, 2.24) is 10.2 Å².